The summed E-state index contributed by atoms with van der Waals surface area (Å²) in [7, 11) is 1.66. The quantitative estimate of drug-likeness (QED) is 0.732. The molecule has 0 saturated heterocycles. The van der Waals surface area contributed by atoms with Gasteiger partial charge in [0, 0.05) is 12.6 Å². The van der Waals surface area contributed by atoms with Gasteiger partial charge in [-0.05, 0) is 6.92 Å². The van der Waals surface area contributed by atoms with Crippen molar-refractivity contribution in [2.75, 3.05) is 0 Å². The van der Waals surface area contributed by atoms with E-state index in [2.05, 4.69) is 10.3 Å². The minimum absolute atomic E-state index is 0.294. The third-order valence-electron chi connectivity index (χ3n) is 2.10. The maximum absolute atomic E-state index is 10.9. The number of carbonyl (C=O) groups excluding carboxylic acids is 1. The molecular formula is C9H8ClN3O2. The van der Waals surface area contributed by atoms with Gasteiger partial charge in [-0.15, -0.1) is 0 Å². The number of aromatic nitrogens is 3. The number of halogens is 1. The van der Waals surface area contributed by atoms with Crippen molar-refractivity contribution in [3.8, 4) is 11.4 Å². The molecule has 0 fully saturated rings. The second-order valence-corrected chi connectivity index (χ2v) is 3.50. The molecule has 0 saturated carbocycles. The van der Waals surface area contributed by atoms with Gasteiger partial charge in [-0.2, -0.15) is 5.10 Å². The molecule has 15 heavy (non-hydrogen) atoms. The molecule has 0 aliphatic rings. The molecule has 0 amide bonds. The Morgan fingerprint density at radius 2 is 2.27 bits per heavy atom. The first-order chi connectivity index (χ1) is 7.15. The van der Waals surface area contributed by atoms with Crippen LogP contribution in [0.25, 0.3) is 11.4 Å². The second kappa shape index (κ2) is 3.51. The molecule has 0 spiro atoms. The molecule has 0 radical (unpaired) electrons. The topological polar surface area (TPSA) is 60.9 Å². The average Bonchev–Trinajstić information content (AvgIpc) is 2.73. The molecule has 2 aromatic rings. The van der Waals surface area contributed by atoms with Gasteiger partial charge in [0.05, 0.1) is 5.56 Å². The van der Waals surface area contributed by atoms with Crippen LogP contribution in [0.2, 0.25) is 5.15 Å². The van der Waals surface area contributed by atoms with Crippen LogP contribution in [0.4, 0.5) is 0 Å². The van der Waals surface area contributed by atoms with Crippen LogP contribution in [-0.4, -0.2) is 21.2 Å². The zero-order valence-electron chi connectivity index (χ0n) is 8.19. The highest BCUT2D eigenvalue weighted by Gasteiger charge is 2.19. The van der Waals surface area contributed by atoms with Crippen molar-refractivity contribution < 1.29 is 9.32 Å². The number of rotatable bonds is 2. The highest BCUT2D eigenvalue weighted by molar-refractivity contribution is 6.32. The third kappa shape index (κ3) is 1.45. The molecule has 2 rings (SSSR count). The number of carbonyl (C=O) groups is 1. The zero-order chi connectivity index (χ0) is 11.0. The minimum Gasteiger partial charge on any atom is -0.364 e. The normalized spacial score (nSPS) is 10.6. The van der Waals surface area contributed by atoms with Crippen molar-refractivity contribution in [2.24, 2.45) is 7.05 Å². The highest BCUT2D eigenvalue weighted by atomic mass is 35.5. The van der Waals surface area contributed by atoms with Crippen LogP contribution in [0, 0.1) is 6.92 Å². The van der Waals surface area contributed by atoms with Gasteiger partial charge in [-0.1, -0.05) is 16.8 Å². The van der Waals surface area contributed by atoms with Gasteiger partial charge in [-0.3, -0.25) is 9.48 Å². The summed E-state index contributed by atoms with van der Waals surface area (Å²) < 4.78 is 6.22. The number of aryl methyl sites for hydroxylation is 2. The Kier molecular flexibility index (Phi) is 2.32. The lowest BCUT2D eigenvalue weighted by Gasteiger charge is -1.91. The first-order valence-corrected chi connectivity index (χ1v) is 4.62. The van der Waals surface area contributed by atoms with Crippen molar-refractivity contribution in [1.29, 1.82) is 0 Å². The van der Waals surface area contributed by atoms with Crippen LogP contribution < -0.4 is 0 Å². The molecule has 0 bridgehead atoms. The van der Waals surface area contributed by atoms with E-state index >= 15 is 0 Å². The summed E-state index contributed by atoms with van der Waals surface area (Å²) in [4.78, 5) is 10.9. The van der Waals surface area contributed by atoms with Crippen LogP contribution in [-0.2, 0) is 7.05 Å². The summed E-state index contributed by atoms with van der Waals surface area (Å²) >= 11 is 5.89. The Balaban J connectivity index is 2.68. The van der Waals surface area contributed by atoms with Gasteiger partial charge in [0.15, 0.2) is 6.29 Å². The molecule has 0 atom stereocenters. The average molecular weight is 226 g/mol. The molecule has 0 unspecified atom stereocenters. The van der Waals surface area contributed by atoms with Crippen molar-refractivity contribution in [3.63, 3.8) is 0 Å². The SMILES string of the molecule is Cc1conc1-c1nn(C)c(Cl)c1C=O. The molecule has 2 aromatic heterocycles. The molecule has 0 aliphatic heterocycles. The molecular weight excluding hydrogens is 218 g/mol. The van der Waals surface area contributed by atoms with E-state index in [0.29, 0.717) is 28.4 Å². The lowest BCUT2D eigenvalue weighted by molar-refractivity contribution is 0.112. The van der Waals surface area contributed by atoms with E-state index in [4.69, 9.17) is 16.1 Å². The van der Waals surface area contributed by atoms with Crippen LogP contribution >= 0.6 is 11.6 Å². The predicted molar refractivity (Wildman–Crippen MR) is 53.8 cm³/mol. The van der Waals surface area contributed by atoms with Gasteiger partial charge >= 0.3 is 0 Å². The van der Waals surface area contributed by atoms with Crippen LogP contribution in [0.3, 0.4) is 0 Å². The summed E-state index contributed by atoms with van der Waals surface area (Å²) in [5, 5.41) is 8.19. The molecule has 5 nitrogen and oxygen atoms in total. The summed E-state index contributed by atoms with van der Waals surface area (Å²) in [5.74, 6) is 0. The van der Waals surface area contributed by atoms with E-state index in [1.807, 2.05) is 6.92 Å². The monoisotopic (exact) mass is 225 g/mol. The van der Waals surface area contributed by atoms with Gasteiger partial charge in [0.1, 0.15) is 22.8 Å². The van der Waals surface area contributed by atoms with Crippen LogP contribution in [0.15, 0.2) is 10.8 Å². The summed E-state index contributed by atoms with van der Waals surface area (Å²) in [6, 6.07) is 0. The van der Waals surface area contributed by atoms with Crippen molar-refractivity contribution in [3.05, 3.63) is 22.5 Å². The van der Waals surface area contributed by atoms with Crippen molar-refractivity contribution >= 4 is 17.9 Å². The fourth-order valence-electron chi connectivity index (χ4n) is 1.32. The maximum atomic E-state index is 10.9. The molecule has 2 heterocycles. The molecule has 78 valence electrons. The number of hydrogen-bond donors (Lipinski definition) is 0. The van der Waals surface area contributed by atoms with Crippen LogP contribution in [0.5, 0.6) is 0 Å². The molecule has 0 aliphatic carbocycles. The lowest BCUT2D eigenvalue weighted by Crippen LogP contribution is -1.90. The van der Waals surface area contributed by atoms with Crippen molar-refractivity contribution in [1.82, 2.24) is 14.9 Å². The van der Waals surface area contributed by atoms with Gasteiger partial charge in [0.25, 0.3) is 0 Å². The molecule has 6 heteroatoms. The van der Waals surface area contributed by atoms with Gasteiger partial charge < -0.3 is 4.52 Å². The maximum Gasteiger partial charge on any atom is 0.155 e. The summed E-state index contributed by atoms with van der Waals surface area (Å²) in [6.45, 7) is 1.82. The molecule has 0 N–H and O–H groups in total. The standard InChI is InChI=1S/C9H8ClN3O2/c1-5-4-15-12-7(5)8-6(3-14)9(10)13(2)11-8/h3-4H,1-2H3. The van der Waals surface area contributed by atoms with E-state index in [0.717, 1.165) is 5.56 Å². The Hall–Kier alpha value is -1.62. The smallest absolute Gasteiger partial charge is 0.155 e. The largest absolute Gasteiger partial charge is 0.364 e. The third-order valence-corrected chi connectivity index (χ3v) is 2.55. The predicted octanol–water partition coefficient (Wildman–Crippen LogP) is 1.85. The fourth-order valence-corrected chi connectivity index (χ4v) is 1.49. The van der Waals surface area contributed by atoms with E-state index in [-0.39, 0.29) is 0 Å². The Morgan fingerprint density at radius 1 is 1.53 bits per heavy atom. The summed E-state index contributed by atoms with van der Waals surface area (Å²) in [5.41, 5.74) is 2.13. The van der Waals surface area contributed by atoms with E-state index in [9.17, 15) is 4.79 Å². The lowest BCUT2D eigenvalue weighted by atomic mass is 10.1. The van der Waals surface area contributed by atoms with Gasteiger partial charge in [0.2, 0.25) is 0 Å². The number of hydrogen-bond acceptors (Lipinski definition) is 4. The Morgan fingerprint density at radius 3 is 2.80 bits per heavy atom. The zero-order valence-corrected chi connectivity index (χ0v) is 8.95. The Bertz CT molecular complexity index is 515. The van der Waals surface area contributed by atoms with Gasteiger partial charge in [-0.25, -0.2) is 0 Å². The highest BCUT2D eigenvalue weighted by Crippen LogP contribution is 2.27. The Labute approximate surface area is 90.6 Å². The number of nitrogens with zero attached hydrogens (tertiary/aromatic N) is 3. The second-order valence-electron chi connectivity index (χ2n) is 3.14. The minimum atomic E-state index is 0.294. The number of aldehydes is 1. The first kappa shape index (κ1) is 9.92. The van der Waals surface area contributed by atoms with E-state index in [1.54, 1.807) is 7.05 Å². The van der Waals surface area contributed by atoms with E-state index < -0.39 is 0 Å². The first-order valence-electron chi connectivity index (χ1n) is 4.24. The molecule has 0 aromatic carbocycles. The van der Waals surface area contributed by atoms with E-state index in [1.165, 1.54) is 10.9 Å². The van der Waals surface area contributed by atoms with Crippen molar-refractivity contribution in [2.45, 2.75) is 6.92 Å². The fraction of sp³-hybridized carbons (Fsp3) is 0.222. The summed E-state index contributed by atoms with van der Waals surface area (Å²) in [6.07, 6.45) is 2.16. The van der Waals surface area contributed by atoms with Crippen LogP contribution in [0.1, 0.15) is 15.9 Å².